The number of piperazine rings is 1. The van der Waals surface area contributed by atoms with E-state index in [1.54, 1.807) is 11.1 Å². The molecule has 0 unspecified atom stereocenters. The Kier molecular flexibility index (Phi) is 6.81. The number of aryl methyl sites for hydroxylation is 3. The zero-order chi connectivity index (χ0) is 24.5. The van der Waals surface area contributed by atoms with Crippen LogP contribution in [0, 0.1) is 25.5 Å². The molecule has 0 radical (unpaired) electrons. The molecule has 1 aromatic heterocycles. The van der Waals surface area contributed by atoms with Crippen molar-refractivity contribution in [2.24, 2.45) is 0 Å². The number of hydrogen-bond donors (Lipinski definition) is 0. The first-order chi connectivity index (χ1) is 16.1. The maximum atomic E-state index is 14.0. The van der Waals surface area contributed by atoms with Crippen LogP contribution in [0.3, 0.4) is 0 Å². The van der Waals surface area contributed by atoms with E-state index in [4.69, 9.17) is 4.42 Å². The van der Waals surface area contributed by atoms with Gasteiger partial charge in [0.25, 0.3) is 0 Å². The molecule has 4 rings (SSSR count). The Hall–Kier alpha value is -3.11. The van der Waals surface area contributed by atoms with E-state index < -0.39 is 26.6 Å². The molecule has 0 atom stereocenters. The van der Waals surface area contributed by atoms with Gasteiger partial charge in [0.2, 0.25) is 15.9 Å². The van der Waals surface area contributed by atoms with Gasteiger partial charge in [0.05, 0.1) is 6.20 Å². The minimum absolute atomic E-state index is 0.0286. The number of amides is 1. The quantitative estimate of drug-likeness (QED) is 0.527. The summed E-state index contributed by atoms with van der Waals surface area (Å²) in [6.07, 6.45) is 2.14. The van der Waals surface area contributed by atoms with Crippen LogP contribution in [0.25, 0.3) is 11.3 Å². The molecule has 1 aliphatic rings. The summed E-state index contributed by atoms with van der Waals surface area (Å²) in [5.41, 5.74) is 3.25. The summed E-state index contributed by atoms with van der Waals surface area (Å²) in [6, 6.07) is 8.37. The zero-order valence-corrected chi connectivity index (χ0v) is 19.7. The van der Waals surface area contributed by atoms with Gasteiger partial charge in [0.15, 0.2) is 11.7 Å². The third-order valence-corrected chi connectivity index (χ3v) is 7.93. The highest BCUT2D eigenvalue weighted by molar-refractivity contribution is 7.89. The third-order valence-electron chi connectivity index (χ3n) is 6.00. The summed E-state index contributed by atoms with van der Waals surface area (Å²) in [6.45, 7) is 4.48. The molecule has 7 nitrogen and oxygen atoms in total. The Morgan fingerprint density at radius 1 is 1.03 bits per heavy atom. The summed E-state index contributed by atoms with van der Waals surface area (Å²) in [7, 11) is -4.11. The number of hydrogen-bond acceptors (Lipinski definition) is 5. The average Bonchev–Trinajstić information content (AvgIpc) is 3.28. The lowest BCUT2D eigenvalue weighted by Crippen LogP contribution is -2.50. The van der Waals surface area contributed by atoms with Crippen LogP contribution >= 0.6 is 0 Å². The lowest BCUT2D eigenvalue weighted by molar-refractivity contribution is -0.132. The highest BCUT2D eigenvalue weighted by atomic mass is 32.2. The molecular weight excluding hydrogens is 464 g/mol. The van der Waals surface area contributed by atoms with E-state index in [0.717, 1.165) is 27.6 Å². The van der Waals surface area contributed by atoms with Crippen molar-refractivity contribution in [3.63, 3.8) is 0 Å². The average molecular weight is 490 g/mol. The molecule has 3 aromatic rings. The van der Waals surface area contributed by atoms with E-state index in [1.807, 2.05) is 32.0 Å². The van der Waals surface area contributed by atoms with Gasteiger partial charge < -0.3 is 9.32 Å². The second-order valence-corrected chi connectivity index (χ2v) is 10.2. The second-order valence-electron chi connectivity index (χ2n) is 8.28. The normalized spacial score (nSPS) is 15.0. The number of benzene rings is 2. The summed E-state index contributed by atoms with van der Waals surface area (Å²) in [5, 5.41) is 0. The second kappa shape index (κ2) is 9.63. The lowest BCUT2D eigenvalue weighted by atomic mass is 10.1. The smallest absolute Gasteiger partial charge is 0.246 e. The molecule has 0 spiro atoms. The van der Waals surface area contributed by atoms with Gasteiger partial charge in [-0.25, -0.2) is 22.2 Å². The molecule has 10 heteroatoms. The van der Waals surface area contributed by atoms with E-state index in [9.17, 15) is 22.0 Å². The van der Waals surface area contributed by atoms with Gasteiger partial charge in [-0.1, -0.05) is 12.1 Å². The summed E-state index contributed by atoms with van der Waals surface area (Å²) < 4.78 is 59.4. The Balaban J connectivity index is 1.32. The van der Waals surface area contributed by atoms with Crippen LogP contribution in [0.4, 0.5) is 8.78 Å². The number of sulfonamides is 1. The lowest BCUT2D eigenvalue weighted by Gasteiger charge is -2.34. The molecule has 0 aliphatic carbocycles. The van der Waals surface area contributed by atoms with E-state index in [2.05, 4.69) is 4.98 Å². The molecule has 1 aliphatic heterocycles. The Bertz CT molecular complexity index is 1320. The van der Waals surface area contributed by atoms with Crippen LogP contribution < -0.4 is 0 Å². The monoisotopic (exact) mass is 489 g/mol. The molecule has 0 bridgehead atoms. The number of halogens is 2. The number of carbonyl (C=O) groups excluding carboxylic acids is 1. The van der Waals surface area contributed by atoms with E-state index >= 15 is 0 Å². The minimum Gasteiger partial charge on any atom is -0.441 e. The number of rotatable bonds is 6. The van der Waals surface area contributed by atoms with Gasteiger partial charge in [0, 0.05) is 50.7 Å². The molecule has 34 heavy (non-hydrogen) atoms. The van der Waals surface area contributed by atoms with Crippen molar-refractivity contribution in [1.29, 1.82) is 0 Å². The summed E-state index contributed by atoms with van der Waals surface area (Å²) in [4.78, 5) is 17.9. The van der Waals surface area contributed by atoms with Crippen molar-refractivity contribution >= 4 is 15.9 Å². The Morgan fingerprint density at radius 2 is 1.76 bits per heavy atom. The maximum absolute atomic E-state index is 14.0. The molecule has 2 heterocycles. The maximum Gasteiger partial charge on any atom is 0.246 e. The first-order valence-corrected chi connectivity index (χ1v) is 12.3. The van der Waals surface area contributed by atoms with E-state index in [1.165, 1.54) is 5.56 Å². The molecule has 0 saturated carbocycles. The van der Waals surface area contributed by atoms with Crippen molar-refractivity contribution in [2.75, 3.05) is 26.2 Å². The topological polar surface area (TPSA) is 83.7 Å². The Morgan fingerprint density at radius 3 is 2.44 bits per heavy atom. The SMILES string of the molecule is Cc1ccc(-c2cnc(CCC(=O)N3CCN(S(=O)(=O)c4ccc(F)cc4F)CC3)o2)cc1C. The van der Waals surface area contributed by atoms with E-state index in [0.29, 0.717) is 24.1 Å². The number of carbonyl (C=O) groups is 1. The molecule has 1 fully saturated rings. The van der Waals surface area contributed by atoms with Crippen LogP contribution in [-0.4, -0.2) is 54.7 Å². The Labute approximate surface area is 197 Å². The van der Waals surface area contributed by atoms with Gasteiger partial charge in [-0.2, -0.15) is 4.31 Å². The van der Waals surface area contributed by atoms with Crippen molar-refractivity contribution in [1.82, 2.24) is 14.2 Å². The number of nitrogens with zero attached hydrogens (tertiary/aromatic N) is 3. The number of oxazole rings is 1. The van der Waals surface area contributed by atoms with Gasteiger partial charge >= 0.3 is 0 Å². The largest absolute Gasteiger partial charge is 0.441 e. The van der Waals surface area contributed by atoms with Gasteiger partial charge in [-0.3, -0.25) is 4.79 Å². The minimum atomic E-state index is -4.11. The van der Waals surface area contributed by atoms with Crippen molar-refractivity contribution in [2.45, 2.75) is 31.6 Å². The van der Waals surface area contributed by atoms with E-state index in [-0.39, 0.29) is 38.5 Å². The third kappa shape index (κ3) is 5.02. The number of aromatic nitrogens is 1. The van der Waals surface area contributed by atoms with Gasteiger partial charge in [-0.05, 0) is 43.2 Å². The molecule has 1 saturated heterocycles. The van der Waals surface area contributed by atoms with Crippen molar-refractivity contribution < 1.29 is 26.4 Å². The zero-order valence-electron chi connectivity index (χ0n) is 18.9. The fourth-order valence-electron chi connectivity index (χ4n) is 3.83. The van der Waals surface area contributed by atoms with Gasteiger partial charge in [-0.15, -0.1) is 0 Å². The van der Waals surface area contributed by atoms with Crippen LogP contribution in [0.15, 0.2) is 51.9 Å². The first kappa shape index (κ1) is 24.0. The molecule has 0 N–H and O–H groups in total. The van der Waals surface area contributed by atoms with Crippen molar-refractivity contribution in [3.8, 4) is 11.3 Å². The fourth-order valence-corrected chi connectivity index (χ4v) is 5.29. The molecular formula is C24H25F2N3O4S. The van der Waals surface area contributed by atoms with Crippen LogP contribution in [0.5, 0.6) is 0 Å². The fraction of sp³-hybridized carbons (Fsp3) is 0.333. The molecule has 180 valence electrons. The van der Waals surface area contributed by atoms with Crippen molar-refractivity contribution in [3.05, 3.63) is 71.2 Å². The predicted molar refractivity (Wildman–Crippen MR) is 121 cm³/mol. The van der Waals surface area contributed by atoms with Crippen LogP contribution in [0.2, 0.25) is 0 Å². The summed E-state index contributed by atoms with van der Waals surface area (Å²) >= 11 is 0. The molecule has 2 aromatic carbocycles. The predicted octanol–water partition coefficient (Wildman–Crippen LogP) is 3.70. The highest BCUT2D eigenvalue weighted by Crippen LogP contribution is 2.24. The van der Waals surface area contributed by atoms with Gasteiger partial charge in [0.1, 0.15) is 16.5 Å². The van der Waals surface area contributed by atoms with Crippen LogP contribution in [0.1, 0.15) is 23.4 Å². The summed E-state index contributed by atoms with van der Waals surface area (Å²) in [5.74, 6) is -1.04. The van der Waals surface area contributed by atoms with Crippen LogP contribution in [-0.2, 0) is 21.2 Å². The highest BCUT2D eigenvalue weighted by Gasteiger charge is 2.32. The first-order valence-electron chi connectivity index (χ1n) is 10.9. The molecule has 1 amide bonds. The standard InChI is InChI=1S/C24H25F2N3O4S/c1-16-3-4-18(13-17(16)2)21-15-27-23(33-21)7-8-24(30)28-9-11-29(12-10-28)34(31,32)22-6-5-19(25)14-20(22)26/h3-6,13-15H,7-12H2,1-2H3.